The number of allylic oxidation sites excluding steroid dienone is 3. The molecule has 0 aromatic heterocycles. The van der Waals surface area contributed by atoms with E-state index in [1.807, 2.05) is 13.8 Å². The predicted octanol–water partition coefficient (Wildman–Crippen LogP) is 11.8. The molecule has 3 aliphatic rings. The van der Waals surface area contributed by atoms with Gasteiger partial charge in [0.05, 0.1) is 17.8 Å². The quantitative estimate of drug-likeness (QED) is 0.240. The summed E-state index contributed by atoms with van der Waals surface area (Å²) >= 11 is 0. The highest BCUT2D eigenvalue weighted by Crippen LogP contribution is 2.60. The summed E-state index contributed by atoms with van der Waals surface area (Å²) in [6, 6.07) is 0. The third kappa shape index (κ3) is 8.91. The Bertz CT molecular complexity index is 1060. The van der Waals surface area contributed by atoms with Crippen LogP contribution in [0, 0.1) is 23.2 Å². The Balaban J connectivity index is 1.86. The molecule has 254 valence electrons. The molecule has 3 aliphatic carbocycles. The average Bonchev–Trinajstić information content (AvgIpc) is 3.20. The number of hydrogen-bond donors (Lipinski definition) is 1. The van der Waals surface area contributed by atoms with Crippen LogP contribution in [0.5, 0.6) is 0 Å². The van der Waals surface area contributed by atoms with E-state index in [0.29, 0.717) is 17.3 Å². The first-order valence-corrected chi connectivity index (χ1v) is 23.9. The van der Waals surface area contributed by atoms with Gasteiger partial charge in [-0.2, -0.15) is 0 Å². The van der Waals surface area contributed by atoms with Crippen LogP contribution in [0.15, 0.2) is 35.5 Å². The van der Waals surface area contributed by atoms with E-state index in [1.54, 1.807) is 5.57 Å². The molecular weight excluding hydrogens is 573 g/mol. The fourth-order valence-corrected chi connectivity index (χ4v) is 10.7. The molecule has 0 aromatic rings. The van der Waals surface area contributed by atoms with Crippen LogP contribution >= 0.6 is 0 Å². The van der Waals surface area contributed by atoms with Crippen molar-refractivity contribution in [2.24, 2.45) is 23.2 Å². The van der Waals surface area contributed by atoms with Gasteiger partial charge in [-0.3, -0.25) is 0 Å². The molecule has 3 saturated carbocycles. The van der Waals surface area contributed by atoms with Gasteiger partial charge in [0.15, 0.2) is 16.6 Å². The molecule has 0 saturated heterocycles. The lowest BCUT2D eigenvalue weighted by Gasteiger charge is -2.46. The lowest BCUT2D eigenvalue weighted by atomic mass is 9.60. The van der Waals surface area contributed by atoms with Gasteiger partial charge in [-0.05, 0) is 129 Å². The summed E-state index contributed by atoms with van der Waals surface area (Å²) in [5.41, 5.74) is 4.04. The Morgan fingerprint density at radius 3 is 2.11 bits per heavy atom. The molecule has 3 rings (SSSR count). The number of rotatable bonds is 10. The molecule has 5 heteroatoms. The number of hydrogen-bond acceptors (Lipinski definition) is 3. The van der Waals surface area contributed by atoms with Gasteiger partial charge < -0.3 is 14.0 Å². The summed E-state index contributed by atoms with van der Waals surface area (Å²) in [4.78, 5) is 0. The van der Waals surface area contributed by atoms with Crippen LogP contribution in [0.3, 0.4) is 0 Å². The first kappa shape index (κ1) is 38.0. The normalized spacial score (nSPS) is 31.9. The second-order valence-corrected chi connectivity index (χ2v) is 28.6. The molecular formula is C39H72O3Si2. The predicted molar refractivity (Wildman–Crippen MR) is 196 cm³/mol. The largest absolute Gasteiger partial charge is 0.413 e. The molecule has 0 heterocycles. The summed E-state index contributed by atoms with van der Waals surface area (Å²) in [5.74, 6) is 2.18. The van der Waals surface area contributed by atoms with Crippen molar-refractivity contribution in [1.29, 1.82) is 0 Å². The van der Waals surface area contributed by atoms with Crippen LogP contribution in [-0.2, 0) is 8.85 Å². The van der Waals surface area contributed by atoms with Gasteiger partial charge in [0.2, 0.25) is 0 Å². The van der Waals surface area contributed by atoms with E-state index in [1.165, 1.54) is 49.7 Å². The Labute approximate surface area is 276 Å². The second kappa shape index (κ2) is 13.6. The molecule has 0 amide bonds. The zero-order chi connectivity index (χ0) is 33.5. The maximum Gasteiger partial charge on any atom is 0.192 e. The van der Waals surface area contributed by atoms with Gasteiger partial charge >= 0.3 is 0 Å². The Hall–Kier alpha value is -0.466. The van der Waals surface area contributed by atoms with Crippen molar-refractivity contribution in [1.82, 2.24) is 0 Å². The molecule has 0 aliphatic heterocycles. The summed E-state index contributed by atoms with van der Waals surface area (Å²) in [6.07, 6.45) is 16.8. The topological polar surface area (TPSA) is 38.7 Å². The van der Waals surface area contributed by atoms with Crippen LogP contribution in [0.2, 0.25) is 36.3 Å². The zero-order valence-corrected chi connectivity index (χ0v) is 33.6. The molecule has 44 heavy (non-hydrogen) atoms. The van der Waals surface area contributed by atoms with Gasteiger partial charge in [-0.1, -0.05) is 92.5 Å². The monoisotopic (exact) mass is 645 g/mol. The molecule has 1 N–H and O–H groups in total. The third-order valence-electron chi connectivity index (χ3n) is 12.9. The minimum absolute atomic E-state index is 0.0290. The highest BCUT2D eigenvalue weighted by Gasteiger charge is 2.50. The van der Waals surface area contributed by atoms with Crippen molar-refractivity contribution in [3.8, 4) is 0 Å². The Kier molecular flexibility index (Phi) is 11.7. The molecule has 6 atom stereocenters. The summed E-state index contributed by atoms with van der Waals surface area (Å²) < 4.78 is 14.2. The van der Waals surface area contributed by atoms with Gasteiger partial charge in [-0.15, -0.1) is 0 Å². The standard InChI is InChI=1S/C39H72O3Si2/c1-28(18-16-24-38(9,10)40)33-22-23-34-30(19-17-25-39(33,34)11)20-21-31-26-32(41-43(12,13)36(3,4)5)27-35(29(31)2)42-44(14,15)37(6,7)8/h20-21,28,32-35,40H,2,16-19,22-27H2,1,3-15H3/b30-20?,31-21-/t28-,32-,33-,34+,35+,39-/m1/s1. The molecule has 0 bridgehead atoms. The Morgan fingerprint density at radius 1 is 0.955 bits per heavy atom. The van der Waals surface area contributed by atoms with Crippen molar-refractivity contribution in [3.05, 3.63) is 35.5 Å². The first-order chi connectivity index (χ1) is 19.9. The van der Waals surface area contributed by atoms with Crippen LogP contribution in [0.4, 0.5) is 0 Å². The lowest BCUT2D eigenvalue weighted by molar-refractivity contribution is 0.0596. The summed E-state index contributed by atoms with van der Waals surface area (Å²) in [7, 11) is -3.89. The molecule has 0 unspecified atom stereocenters. The van der Waals surface area contributed by atoms with Gasteiger partial charge in [0.1, 0.15) is 0 Å². The molecule has 3 fully saturated rings. The van der Waals surface area contributed by atoms with E-state index in [9.17, 15) is 5.11 Å². The van der Waals surface area contributed by atoms with Crippen molar-refractivity contribution in [2.75, 3.05) is 0 Å². The molecule has 0 aromatic carbocycles. The van der Waals surface area contributed by atoms with Gasteiger partial charge in [0.25, 0.3) is 0 Å². The van der Waals surface area contributed by atoms with Gasteiger partial charge in [-0.25, -0.2) is 0 Å². The van der Waals surface area contributed by atoms with E-state index < -0.39 is 22.2 Å². The minimum atomic E-state index is -1.97. The number of fused-ring (bicyclic) bond motifs is 1. The van der Waals surface area contributed by atoms with Crippen molar-refractivity contribution in [3.63, 3.8) is 0 Å². The van der Waals surface area contributed by atoms with Crippen LogP contribution in [0.25, 0.3) is 0 Å². The van der Waals surface area contributed by atoms with Crippen LogP contribution < -0.4 is 0 Å². The SMILES string of the molecule is C=C1/C(=C\C=C2CCC[C@]3(C)[C@@H]([C@H](C)CCCC(C)(C)O)CC[C@@H]23)C[C@@H](O[Si](C)(C)C(C)(C)C)C[C@@H]1O[Si](C)(C)C(C)(C)C. The van der Waals surface area contributed by atoms with Crippen LogP contribution in [-0.4, -0.2) is 39.6 Å². The smallest absolute Gasteiger partial charge is 0.192 e. The first-order valence-electron chi connectivity index (χ1n) is 18.0. The number of aliphatic hydroxyl groups is 1. The van der Waals surface area contributed by atoms with E-state index >= 15 is 0 Å². The summed E-state index contributed by atoms with van der Waals surface area (Å²) in [5, 5.41) is 10.6. The zero-order valence-electron chi connectivity index (χ0n) is 31.6. The Morgan fingerprint density at radius 2 is 1.55 bits per heavy atom. The molecule has 0 spiro atoms. The summed E-state index contributed by atoms with van der Waals surface area (Å²) in [6.45, 7) is 37.2. The maximum atomic E-state index is 10.2. The fourth-order valence-electron chi connectivity index (χ4n) is 8.04. The third-order valence-corrected chi connectivity index (χ3v) is 21.9. The highest BCUT2D eigenvalue weighted by atomic mass is 28.4. The molecule has 3 nitrogen and oxygen atoms in total. The minimum Gasteiger partial charge on any atom is -0.413 e. The van der Waals surface area contributed by atoms with E-state index in [-0.39, 0.29) is 22.3 Å². The van der Waals surface area contributed by atoms with E-state index in [4.69, 9.17) is 8.85 Å². The lowest BCUT2D eigenvalue weighted by Crippen LogP contribution is -2.49. The van der Waals surface area contributed by atoms with Crippen molar-refractivity contribution >= 4 is 16.6 Å². The van der Waals surface area contributed by atoms with Crippen molar-refractivity contribution < 1.29 is 14.0 Å². The fraction of sp³-hybridized carbons (Fsp3) is 0.846. The maximum absolute atomic E-state index is 10.2. The highest BCUT2D eigenvalue weighted by molar-refractivity contribution is 6.74. The van der Waals surface area contributed by atoms with Crippen molar-refractivity contribution in [2.45, 2.75) is 188 Å². The average molecular weight is 645 g/mol. The van der Waals surface area contributed by atoms with E-state index in [2.05, 4.69) is 100 Å². The molecule has 0 radical (unpaired) electrons. The van der Waals surface area contributed by atoms with E-state index in [0.717, 1.165) is 31.6 Å². The van der Waals surface area contributed by atoms with Crippen LogP contribution in [0.1, 0.15) is 133 Å². The van der Waals surface area contributed by atoms with Gasteiger partial charge in [0, 0.05) is 6.42 Å². The second-order valence-electron chi connectivity index (χ2n) is 19.0.